The zero-order chi connectivity index (χ0) is 71.8. The molecule has 560 valence electrons. The van der Waals surface area contributed by atoms with Gasteiger partial charge < -0.3 is 33.8 Å². The summed E-state index contributed by atoms with van der Waals surface area (Å²) in [6, 6.07) is 0. The summed E-state index contributed by atoms with van der Waals surface area (Å²) in [7, 11) is -9.98. The van der Waals surface area contributed by atoms with Crippen molar-refractivity contribution < 1.29 is 80.2 Å². The van der Waals surface area contributed by atoms with E-state index in [2.05, 4.69) is 143 Å². The van der Waals surface area contributed by atoms with Crippen molar-refractivity contribution in [2.45, 2.75) is 303 Å². The van der Waals surface area contributed by atoms with E-state index in [0.717, 1.165) is 122 Å². The molecule has 0 aromatic heterocycles. The van der Waals surface area contributed by atoms with Crippen molar-refractivity contribution in [3.8, 4) is 0 Å². The Kier molecular flexibility index (Phi) is 67.2. The number of rotatable bonds is 69. The average Bonchev–Trinajstić information content (AvgIpc) is 0.992. The molecule has 0 heterocycles. The van der Waals surface area contributed by atoms with E-state index < -0.39 is 97.5 Å². The number of esters is 4. The topological polar surface area (TPSA) is 237 Å². The normalized spacial score (nSPS) is 14.7. The maximum Gasteiger partial charge on any atom is 0.472 e. The van der Waals surface area contributed by atoms with Gasteiger partial charge in [-0.05, 0) is 122 Å². The molecule has 0 bridgehead atoms. The largest absolute Gasteiger partial charge is 0.472 e. The number of carbonyl (C=O) groups excluding carboxylic acids is 4. The van der Waals surface area contributed by atoms with E-state index in [-0.39, 0.29) is 25.7 Å². The Balaban J connectivity index is 5.43. The Morgan fingerprint density at radius 2 is 0.561 bits per heavy atom. The first kappa shape index (κ1) is 93.2. The number of hydrogen-bond acceptors (Lipinski definition) is 15. The molecule has 5 atom stereocenters. The predicted molar refractivity (Wildman–Crippen MR) is 399 cm³/mol. The molecular formula is C79H132O17P2. The number of carbonyl (C=O) groups is 4. The van der Waals surface area contributed by atoms with E-state index in [4.69, 9.17) is 37.0 Å². The fourth-order valence-electron chi connectivity index (χ4n) is 9.45. The second kappa shape index (κ2) is 70.6. The van der Waals surface area contributed by atoms with Crippen LogP contribution in [0.5, 0.6) is 0 Å². The standard InChI is InChI=1S/C79H132O17P2/c1-5-9-13-17-21-25-29-32-34-35-36-37-39-41-45-48-52-56-60-64-77(82)90-70-75(96-79(84)66-62-58-54-50-46-42-38-33-30-26-22-18-14-10-6-2)72-94-98(87,88)92-68-73(80)67-91-97(85,86)93-71-74(95-78(83)65-61-57-53-49-43-28-24-20-16-12-8-4)69-89-76(81)63-59-55-51-47-44-40-31-27-23-19-15-11-7-3/h9-10,13-14,20-22,24-26,32-34,36-38,41,45-46,50,52,56,73-75,80H,5-8,11-12,15-19,23,27-31,35,39-40,42-44,47-49,51,53-55,57-72H2,1-4H3,(H,85,86)(H,87,88)/b13-9-,14-10-,24-20-,25-21-,26-22-,34-32-,37-36-,38-33-,45-41-,50-46-,56-52-. The molecule has 3 N–H and O–H groups in total. The lowest BCUT2D eigenvalue weighted by molar-refractivity contribution is -0.161. The van der Waals surface area contributed by atoms with Crippen molar-refractivity contribution in [1.29, 1.82) is 0 Å². The van der Waals surface area contributed by atoms with E-state index >= 15 is 0 Å². The molecule has 0 aliphatic carbocycles. The molecule has 0 saturated heterocycles. The summed E-state index contributed by atoms with van der Waals surface area (Å²) in [5, 5.41) is 10.6. The van der Waals surface area contributed by atoms with Gasteiger partial charge in [0.15, 0.2) is 12.2 Å². The van der Waals surface area contributed by atoms with Crippen LogP contribution in [0.15, 0.2) is 134 Å². The van der Waals surface area contributed by atoms with Crippen molar-refractivity contribution in [3.63, 3.8) is 0 Å². The quantitative estimate of drug-likeness (QED) is 0.0169. The summed E-state index contributed by atoms with van der Waals surface area (Å²) >= 11 is 0. The van der Waals surface area contributed by atoms with Gasteiger partial charge in [0.05, 0.1) is 26.4 Å². The Hall–Kier alpha value is -4.80. The minimum atomic E-state index is -5.00. The molecule has 0 rings (SSSR count). The first-order valence-corrected chi connectivity index (χ1v) is 40.4. The molecule has 17 nitrogen and oxygen atoms in total. The van der Waals surface area contributed by atoms with Gasteiger partial charge in [-0.25, -0.2) is 9.13 Å². The van der Waals surface area contributed by atoms with E-state index in [0.29, 0.717) is 38.5 Å². The van der Waals surface area contributed by atoms with Gasteiger partial charge in [0.1, 0.15) is 19.3 Å². The minimum absolute atomic E-state index is 0.0232. The van der Waals surface area contributed by atoms with Gasteiger partial charge in [-0.2, -0.15) is 0 Å². The number of aliphatic hydroxyl groups excluding tert-OH is 1. The molecule has 0 spiro atoms. The zero-order valence-corrected chi connectivity index (χ0v) is 62.7. The lowest BCUT2D eigenvalue weighted by atomic mass is 10.0. The highest BCUT2D eigenvalue weighted by molar-refractivity contribution is 7.47. The molecule has 0 radical (unpaired) electrons. The van der Waals surface area contributed by atoms with Crippen molar-refractivity contribution in [1.82, 2.24) is 0 Å². The maximum absolute atomic E-state index is 13.1. The lowest BCUT2D eigenvalue weighted by Crippen LogP contribution is -2.30. The van der Waals surface area contributed by atoms with Crippen LogP contribution in [0.25, 0.3) is 0 Å². The molecule has 0 fully saturated rings. The smallest absolute Gasteiger partial charge is 0.462 e. The molecule has 0 saturated carbocycles. The van der Waals surface area contributed by atoms with Crippen LogP contribution in [0.4, 0.5) is 0 Å². The van der Waals surface area contributed by atoms with Crippen molar-refractivity contribution in [2.75, 3.05) is 39.6 Å². The van der Waals surface area contributed by atoms with Gasteiger partial charge in [-0.15, -0.1) is 0 Å². The van der Waals surface area contributed by atoms with E-state index in [1.807, 2.05) is 18.2 Å². The number of ether oxygens (including phenoxy) is 4. The van der Waals surface area contributed by atoms with Gasteiger partial charge in [0.25, 0.3) is 0 Å². The number of hydrogen-bond donors (Lipinski definition) is 3. The van der Waals surface area contributed by atoms with Crippen LogP contribution in [0.1, 0.15) is 285 Å². The van der Waals surface area contributed by atoms with Gasteiger partial charge >= 0.3 is 39.5 Å². The molecule has 19 heteroatoms. The Labute approximate surface area is 593 Å². The van der Waals surface area contributed by atoms with Crippen LogP contribution in [-0.2, 0) is 65.4 Å². The van der Waals surface area contributed by atoms with Crippen LogP contribution in [-0.4, -0.2) is 96.7 Å². The summed E-state index contributed by atoms with van der Waals surface area (Å²) in [5.74, 6) is -2.33. The highest BCUT2D eigenvalue weighted by Crippen LogP contribution is 2.45. The second-order valence-corrected chi connectivity index (χ2v) is 27.4. The molecule has 5 unspecified atom stereocenters. The number of allylic oxidation sites excluding steroid dienone is 22. The summed E-state index contributed by atoms with van der Waals surface area (Å²) in [6.45, 7) is 4.45. The van der Waals surface area contributed by atoms with Gasteiger partial charge in [0, 0.05) is 25.7 Å². The van der Waals surface area contributed by atoms with Crippen LogP contribution in [0.2, 0.25) is 0 Å². The molecule has 0 aromatic carbocycles. The summed E-state index contributed by atoms with van der Waals surface area (Å²) in [4.78, 5) is 72.7. The van der Waals surface area contributed by atoms with Crippen molar-refractivity contribution in [2.24, 2.45) is 0 Å². The fourth-order valence-corrected chi connectivity index (χ4v) is 11.0. The summed E-state index contributed by atoms with van der Waals surface area (Å²) < 4.78 is 68.2. The highest BCUT2D eigenvalue weighted by atomic mass is 31.2. The monoisotopic (exact) mass is 1410 g/mol. The zero-order valence-electron chi connectivity index (χ0n) is 60.9. The Bertz CT molecular complexity index is 2380. The number of unbranched alkanes of at least 4 members (excludes halogenated alkanes) is 21. The van der Waals surface area contributed by atoms with Crippen molar-refractivity contribution in [3.05, 3.63) is 134 Å². The third-order valence-corrected chi connectivity index (χ3v) is 17.0. The van der Waals surface area contributed by atoms with Crippen molar-refractivity contribution >= 4 is 39.5 Å². The fraction of sp³-hybridized carbons (Fsp3) is 0.671. The summed E-state index contributed by atoms with van der Waals surface area (Å²) in [6.07, 6.45) is 77.6. The Morgan fingerprint density at radius 1 is 0.296 bits per heavy atom. The number of aliphatic hydroxyl groups is 1. The molecule has 0 aliphatic heterocycles. The number of phosphoric acid groups is 2. The van der Waals surface area contributed by atoms with Crippen LogP contribution in [0.3, 0.4) is 0 Å². The average molecular weight is 1420 g/mol. The third kappa shape index (κ3) is 69.7. The molecule has 0 amide bonds. The SMILES string of the molecule is CC/C=C\C/C=C\C/C=C\C/C=C\C/C=C\C/C=C\CCC(=O)OCC(COP(=O)(O)OCC(O)COP(=O)(O)OCC(COC(=O)CCCCCCCCCCCCCCC)OC(=O)CCCCCCC/C=C\CCCC)OC(=O)CCCC/C=C\C/C=C\C/C=C\C/C=C\CC. The van der Waals surface area contributed by atoms with E-state index in [1.54, 1.807) is 0 Å². The van der Waals surface area contributed by atoms with E-state index in [9.17, 15) is 43.2 Å². The third-order valence-electron chi connectivity index (χ3n) is 15.1. The minimum Gasteiger partial charge on any atom is -0.462 e. The van der Waals surface area contributed by atoms with Crippen LogP contribution in [0, 0.1) is 0 Å². The molecular weight excluding hydrogens is 1280 g/mol. The predicted octanol–water partition coefficient (Wildman–Crippen LogP) is 21.3. The molecule has 0 aromatic rings. The molecule has 98 heavy (non-hydrogen) atoms. The van der Waals surface area contributed by atoms with Gasteiger partial charge in [-0.3, -0.25) is 37.3 Å². The second-order valence-electron chi connectivity index (χ2n) is 24.5. The first-order valence-electron chi connectivity index (χ1n) is 37.4. The van der Waals surface area contributed by atoms with Gasteiger partial charge in [0.2, 0.25) is 0 Å². The highest BCUT2D eigenvalue weighted by Gasteiger charge is 2.30. The summed E-state index contributed by atoms with van der Waals surface area (Å²) in [5.41, 5.74) is 0. The number of phosphoric ester groups is 2. The van der Waals surface area contributed by atoms with Crippen LogP contribution < -0.4 is 0 Å². The maximum atomic E-state index is 13.1. The van der Waals surface area contributed by atoms with Crippen LogP contribution >= 0.6 is 15.6 Å². The molecule has 0 aliphatic rings. The van der Waals surface area contributed by atoms with E-state index in [1.165, 1.54) is 70.6 Å². The lowest BCUT2D eigenvalue weighted by Gasteiger charge is -2.21. The van der Waals surface area contributed by atoms with Gasteiger partial charge in [-0.1, -0.05) is 271 Å². The first-order chi connectivity index (χ1) is 47.7. The Morgan fingerprint density at radius 3 is 0.939 bits per heavy atom.